The molecule has 1 N–H and O–H groups in total. The van der Waals surface area contributed by atoms with Crippen LogP contribution in [-0.2, 0) is 0 Å². The molecule has 0 bridgehead atoms. The van der Waals surface area contributed by atoms with Gasteiger partial charge in [0.15, 0.2) is 0 Å². The average Bonchev–Trinajstić information content (AvgIpc) is 2.57. The molecule has 0 fully saturated rings. The van der Waals surface area contributed by atoms with E-state index in [1.807, 2.05) is 84.9 Å². The lowest BCUT2D eigenvalue weighted by Gasteiger charge is -2.10. The van der Waals surface area contributed by atoms with Crippen molar-refractivity contribution in [2.24, 2.45) is 0 Å². The molecule has 3 rings (SSSR count). The Morgan fingerprint density at radius 1 is 0.727 bits per heavy atom. The zero-order valence-corrected chi connectivity index (χ0v) is 12.7. The number of carbonyl (C=O) groups is 1. The van der Waals surface area contributed by atoms with Crippen LogP contribution < -0.4 is 5.32 Å². The van der Waals surface area contributed by atoms with E-state index in [-0.39, 0.29) is 5.91 Å². The van der Waals surface area contributed by atoms with Crippen molar-refractivity contribution in [3.8, 4) is 0 Å². The highest BCUT2D eigenvalue weighted by atomic mass is 32.2. The van der Waals surface area contributed by atoms with Crippen molar-refractivity contribution in [2.75, 3.05) is 5.32 Å². The van der Waals surface area contributed by atoms with Crippen molar-refractivity contribution in [1.29, 1.82) is 0 Å². The van der Waals surface area contributed by atoms with Crippen LogP contribution >= 0.6 is 11.8 Å². The van der Waals surface area contributed by atoms with Crippen molar-refractivity contribution < 1.29 is 4.79 Å². The minimum absolute atomic E-state index is 0.0924. The number of hydrogen-bond donors (Lipinski definition) is 1. The van der Waals surface area contributed by atoms with Crippen molar-refractivity contribution in [3.05, 3.63) is 90.5 Å². The fourth-order valence-corrected chi connectivity index (χ4v) is 3.04. The first kappa shape index (κ1) is 14.4. The minimum atomic E-state index is -0.0924. The summed E-state index contributed by atoms with van der Waals surface area (Å²) in [6.45, 7) is 0. The molecular weight excluding hydrogens is 290 g/mol. The Balaban J connectivity index is 1.83. The smallest absolute Gasteiger partial charge is 0.256 e. The quantitative estimate of drug-likeness (QED) is 0.727. The summed E-state index contributed by atoms with van der Waals surface area (Å²) in [4.78, 5) is 14.6. The van der Waals surface area contributed by atoms with Gasteiger partial charge in [-0.1, -0.05) is 60.3 Å². The lowest BCUT2D eigenvalue weighted by Crippen LogP contribution is -2.12. The Kier molecular flexibility index (Phi) is 4.56. The predicted molar refractivity (Wildman–Crippen MR) is 91.4 cm³/mol. The maximum atomic E-state index is 12.5. The molecule has 0 aliphatic heterocycles. The van der Waals surface area contributed by atoms with E-state index in [2.05, 4.69) is 5.32 Å². The monoisotopic (exact) mass is 305 g/mol. The molecule has 0 aromatic heterocycles. The zero-order chi connectivity index (χ0) is 15.2. The molecule has 3 heteroatoms. The molecule has 0 saturated heterocycles. The van der Waals surface area contributed by atoms with Crippen LogP contribution in [0.2, 0.25) is 0 Å². The number of nitrogens with one attached hydrogen (secondary N) is 1. The number of carbonyl (C=O) groups excluding carboxylic acids is 1. The van der Waals surface area contributed by atoms with E-state index >= 15 is 0 Å². The van der Waals surface area contributed by atoms with E-state index in [0.29, 0.717) is 5.56 Å². The predicted octanol–water partition coefficient (Wildman–Crippen LogP) is 5.09. The first-order valence-corrected chi connectivity index (χ1v) is 7.83. The molecule has 22 heavy (non-hydrogen) atoms. The average molecular weight is 305 g/mol. The first-order chi connectivity index (χ1) is 10.8. The van der Waals surface area contributed by atoms with Gasteiger partial charge in [0.2, 0.25) is 0 Å². The molecule has 0 aliphatic carbocycles. The number of anilines is 1. The fraction of sp³-hybridized carbons (Fsp3) is 0. The molecule has 0 radical (unpaired) electrons. The van der Waals surface area contributed by atoms with Gasteiger partial charge in [-0.25, -0.2) is 0 Å². The number of amides is 1. The van der Waals surface area contributed by atoms with Crippen LogP contribution in [0.1, 0.15) is 10.4 Å². The van der Waals surface area contributed by atoms with Gasteiger partial charge < -0.3 is 5.32 Å². The SMILES string of the molecule is O=C(Nc1ccccc1)c1ccccc1Sc1ccccc1. The summed E-state index contributed by atoms with van der Waals surface area (Å²) in [5, 5.41) is 2.93. The van der Waals surface area contributed by atoms with Crippen LogP contribution in [-0.4, -0.2) is 5.91 Å². The van der Waals surface area contributed by atoms with Gasteiger partial charge in [0.25, 0.3) is 5.91 Å². The Hall–Kier alpha value is -2.52. The molecule has 2 nitrogen and oxygen atoms in total. The summed E-state index contributed by atoms with van der Waals surface area (Å²) in [5.41, 5.74) is 1.48. The van der Waals surface area contributed by atoms with E-state index in [0.717, 1.165) is 15.5 Å². The molecule has 0 heterocycles. The number of rotatable bonds is 4. The lowest BCUT2D eigenvalue weighted by molar-refractivity contribution is 0.102. The van der Waals surface area contributed by atoms with Crippen LogP contribution in [0, 0.1) is 0 Å². The summed E-state index contributed by atoms with van der Waals surface area (Å²) in [7, 11) is 0. The molecule has 1 amide bonds. The molecule has 0 saturated carbocycles. The third kappa shape index (κ3) is 3.57. The van der Waals surface area contributed by atoms with Crippen LogP contribution in [0.25, 0.3) is 0 Å². The molecule has 0 spiro atoms. The second-order valence-corrected chi connectivity index (χ2v) is 5.85. The van der Waals surface area contributed by atoms with E-state index in [9.17, 15) is 4.79 Å². The topological polar surface area (TPSA) is 29.1 Å². The molecule has 0 aliphatic rings. The standard InChI is InChI=1S/C19H15NOS/c21-19(20-15-9-3-1-4-10-15)17-13-7-8-14-18(17)22-16-11-5-2-6-12-16/h1-14H,(H,20,21). The van der Waals surface area contributed by atoms with Crippen LogP contribution in [0.15, 0.2) is 94.7 Å². The summed E-state index contributed by atoms with van der Waals surface area (Å²) < 4.78 is 0. The third-order valence-corrected chi connectivity index (χ3v) is 4.22. The number of hydrogen-bond acceptors (Lipinski definition) is 2. The van der Waals surface area contributed by atoms with Gasteiger partial charge in [0.05, 0.1) is 5.56 Å². The fourth-order valence-electron chi connectivity index (χ4n) is 2.08. The van der Waals surface area contributed by atoms with E-state index in [1.165, 1.54) is 0 Å². The van der Waals surface area contributed by atoms with Crippen LogP contribution in [0.3, 0.4) is 0 Å². The lowest BCUT2D eigenvalue weighted by atomic mass is 10.2. The van der Waals surface area contributed by atoms with E-state index < -0.39 is 0 Å². The Labute approximate surface area is 134 Å². The van der Waals surface area contributed by atoms with Crippen LogP contribution in [0.4, 0.5) is 5.69 Å². The Bertz CT molecular complexity index is 757. The normalized spacial score (nSPS) is 10.2. The summed E-state index contributed by atoms with van der Waals surface area (Å²) >= 11 is 1.59. The molecule has 108 valence electrons. The highest BCUT2D eigenvalue weighted by molar-refractivity contribution is 7.99. The maximum Gasteiger partial charge on any atom is 0.256 e. The Morgan fingerprint density at radius 2 is 1.32 bits per heavy atom. The van der Waals surface area contributed by atoms with Crippen molar-refractivity contribution >= 4 is 23.4 Å². The largest absolute Gasteiger partial charge is 0.322 e. The van der Waals surface area contributed by atoms with Gasteiger partial charge in [0, 0.05) is 15.5 Å². The van der Waals surface area contributed by atoms with Gasteiger partial charge >= 0.3 is 0 Å². The second-order valence-electron chi connectivity index (χ2n) is 4.73. The van der Waals surface area contributed by atoms with Gasteiger partial charge in [0.1, 0.15) is 0 Å². The summed E-state index contributed by atoms with van der Waals surface area (Å²) in [6.07, 6.45) is 0. The molecular formula is C19H15NOS. The minimum Gasteiger partial charge on any atom is -0.322 e. The molecule has 3 aromatic carbocycles. The van der Waals surface area contributed by atoms with Gasteiger partial charge in [-0.2, -0.15) is 0 Å². The third-order valence-electron chi connectivity index (χ3n) is 3.13. The molecule has 0 atom stereocenters. The van der Waals surface area contributed by atoms with Crippen LogP contribution in [0.5, 0.6) is 0 Å². The molecule has 0 unspecified atom stereocenters. The van der Waals surface area contributed by atoms with E-state index in [4.69, 9.17) is 0 Å². The van der Waals surface area contributed by atoms with Crippen molar-refractivity contribution in [2.45, 2.75) is 9.79 Å². The van der Waals surface area contributed by atoms with Gasteiger partial charge in [-0.3, -0.25) is 4.79 Å². The van der Waals surface area contributed by atoms with Gasteiger partial charge in [-0.15, -0.1) is 0 Å². The summed E-state index contributed by atoms with van der Waals surface area (Å²) in [5.74, 6) is -0.0924. The first-order valence-electron chi connectivity index (χ1n) is 7.01. The number of para-hydroxylation sites is 1. The maximum absolute atomic E-state index is 12.5. The highest BCUT2D eigenvalue weighted by Crippen LogP contribution is 2.30. The van der Waals surface area contributed by atoms with Gasteiger partial charge in [-0.05, 0) is 36.4 Å². The van der Waals surface area contributed by atoms with Crippen molar-refractivity contribution in [1.82, 2.24) is 0 Å². The number of benzene rings is 3. The van der Waals surface area contributed by atoms with E-state index in [1.54, 1.807) is 11.8 Å². The zero-order valence-electron chi connectivity index (χ0n) is 11.9. The molecule has 3 aromatic rings. The highest BCUT2D eigenvalue weighted by Gasteiger charge is 2.12. The Morgan fingerprint density at radius 3 is 2.05 bits per heavy atom. The summed E-state index contributed by atoms with van der Waals surface area (Å²) in [6, 6.07) is 27.2. The van der Waals surface area contributed by atoms with Crippen molar-refractivity contribution in [3.63, 3.8) is 0 Å². The second kappa shape index (κ2) is 6.96.